The molecule has 2 amide bonds. The summed E-state index contributed by atoms with van der Waals surface area (Å²) in [5.41, 5.74) is 0.984. The number of imide groups is 1. The van der Waals surface area contributed by atoms with Crippen LogP contribution in [0.2, 0.25) is 0 Å². The van der Waals surface area contributed by atoms with Gasteiger partial charge in [-0.15, -0.1) is 0 Å². The van der Waals surface area contributed by atoms with Gasteiger partial charge in [0.25, 0.3) is 11.8 Å². The topological polar surface area (TPSA) is 83.9 Å². The van der Waals surface area contributed by atoms with Gasteiger partial charge < -0.3 is 9.84 Å². The van der Waals surface area contributed by atoms with Crippen molar-refractivity contribution in [2.24, 2.45) is 11.8 Å². The van der Waals surface area contributed by atoms with Crippen LogP contribution in [0.4, 0.5) is 0 Å². The zero-order valence-corrected chi connectivity index (χ0v) is 15.8. The molecule has 1 aromatic rings. The number of carboxylic acid groups (broad SMARTS) is 1. The van der Waals surface area contributed by atoms with Crippen LogP contribution in [0.25, 0.3) is 0 Å². The largest absolute Gasteiger partial charge is 0.481 e. The normalized spacial score (nSPS) is 28.5. The molecule has 1 aromatic carbocycles. The summed E-state index contributed by atoms with van der Waals surface area (Å²) in [6.07, 6.45) is 8.85. The average molecular weight is 383 g/mol. The van der Waals surface area contributed by atoms with Gasteiger partial charge in [-0.1, -0.05) is 24.3 Å². The fourth-order valence-electron chi connectivity index (χ4n) is 4.81. The van der Waals surface area contributed by atoms with Crippen LogP contribution in [0.15, 0.2) is 36.4 Å². The lowest BCUT2D eigenvalue weighted by molar-refractivity contribution is -0.137. The molecule has 6 heteroatoms. The van der Waals surface area contributed by atoms with Crippen molar-refractivity contribution in [3.63, 3.8) is 0 Å². The highest BCUT2D eigenvalue weighted by molar-refractivity contribution is 6.21. The molecule has 0 aliphatic carbocycles. The number of carbonyl (C=O) groups is 3. The Balaban J connectivity index is 1.39. The maximum atomic E-state index is 12.7. The number of aliphatic carboxylic acids is 1. The summed E-state index contributed by atoms with van der Waals surface area (Å²) in [6.45, 7) is 0.408. The number of carbonyl (C=O) groups excluding carboxylic acids is 2. The number of amides is 2. The van der Waals surface area contributed by atoms with Crippen LogP contribution in [0.1, 0.15) is 59.2 Å². The maximum Gasteiger partial charge on any atom is 0.303 e. The number of nitrogens with zero attached hydrogens (tertiary/aromatic N) is 1. The third kappa shape index (κ3) is 3.49. The minimum absolute atomic E-state index is 0.111. The SMILES string of the molecule is O=C(O)CCC/C=C\C[C@H]1[C@@H](CN2C(=O)c3ccccc3C2=O)[C@H]2CC[C@@H]1O2. The second-order valence-electron chi connectivity index (χ2n) is 7.88. The summed E-state index contributed by atoms with van der Waals surface area (Å²) >= 11 is 0. The molecule has 0 aromatic heterocycles. The summed E-state index contributed by atoms with van der Waals surface area (Å²) in [4.78, 5) is 37.4. The van der Waals surface area contributed by atoms with E-state index in [4.69, 9.17) is 9.84 Å². The van der Waals surface area contributed by atoms with Crippen LogP contribution in [0, 0.1) is 11.8 Å². The first kappa shape index (κ1) is 18.9. The average Bonchev–Trinajstić information content (AvgIpc) is 3.35. The van der Waals surface area contributed by atoms with Crippen molar-refractivity contribution in [3.8, 4) is 0 Å². The van der Waals surface area contributed by atoms with Gasteiger partial charge in [0.2, 0.25) is 0 Å². The Bertz CT molecular complexity index is 782. The van der Waals surface area contributed by atoms with Crippen LogP contribution in [0.3, 0.4) is 0 Å². The van der Waals surface area contributed by atoms with Crippen molar-refractivity contribution in [1.29, 1.82) is 0 Å². The molecule has 4 atom stereocenters. The fourth-order valence-corrected chi connectivity index (χ4v) is 4.81. The molecule has 148 valence electrons. The van der Waals surface area contributed by atoms with E-state index in [1.54, 1.807) is 24.3 Å². The molecule has 0 saturated carbocycles. The molecule has 28 heavy (non-hydrogen) atoms. The second-order valence-corrected chi connectivity index (χ2v) is 7.88. The van der Waals surface area contributed by atoms with Crippen molar-refractivity contribution < 1.29 is 24.2 Å². The number of hydrogen-bond acceptors (Lipinski definition) is 4. The van der Waals surface area contributed by atoms with E-state index in [2.05, 4.69) is 6.08 Å². The Kier molecular flexibility index (Phi) is 5.31. The molecule has 0 spiro atoms. The summed E-state index contributed by atoms with van der Waals surface area (Å²) in [5, 5.41) is 8.69. The van der Waals surface area contributed by atoms with Crippen LogP contribution in [-0.4, -0.2) is 46.5 Å². The van der Waals surface area contributed by atoms with Gasteiger partial charge in [0.1, 0.15) is 0 Å². The van der Waals surface area contributed by atoms with Gasteiger partial charge >= 0.3 is 5.97 Å². The number of benzene rings is 1. The van der Waals surface area contributed by atoms with Gasteiger partial charge in [0.15, 0.2) is 0 Å². The first-order valence-electron chi connectivity index (χ1n) is 10.0. The zero-order valence-electron chi connectivity index (χ0n) is 15.8. The van der Waals surface area contributed by atoms with E-state index in [-0.39, 0.29) is 36.4 Å². The van der Waals surface area contributed by atoms with Crippen LogP contribution < -0.4 is 0 Å². The number of allylic oxidation sites excluding steroid dienone is 2. The van der Waals surface area contributed by atoms with E-state index in [9.17, 15) is 14.4 Å². The van der Waals surface area contributed by atoms with Gasteiger partial charge in [0, 0.05) is 18.9 Å². The molecule has 3 heterocycles. The maximum absolute atomic E-state index is 12.7. The van der Waals surface area contributed by atoms with Crippen LogP contribution in [0.5, 0.6) is 0 Å². The van der Waals surface area contributed by atoms with Crippen molar-refractivity contribution in [2.45, 2.75) is 50.7 Å². The number of fused-ring (bicyclic) bond motifs is 3. The van der Waals surface area contributed by atoms with Crippen molar-refractivity contribution in [1.82, 2.24) is 4.90 Å². The van der Waals surface area contributed by atoms with E-state index in [0.717, 1.165) is 25.7 Å². The Morgan fingerprint density at radius 3 is 2.36 bits per heavy atom. The fraction of sp³-hybridized carbons (Fsp3) is 0.500. The molecule has 0 unspecified atom stereocenters. The molecular formula is C22H25NO5. The lowest BCUT2D eigenvalue weighted by atomic mass is 9.77. The van der Waals surface area contributed by atoms with E-state index < -0.39 is 5.97 Å². The van der Waals surface area contributed by atoms with E-state index in [1.165, 1.54) is 4.90 Å². The summed E-state index contributed by atoms with van der Waals surface area (Å²) in [6, 6.07) is 6.99. The van der Waals surface area contributed by atoms with Crippen molar-refractivity contribution >= 4 is 17.8 Å². The highest BCUT2D eigenvalue weighted by Gasteiger charge is 2.50. The van der Waals surface area contributed by atoms with Gasteiger partial charge in [-0.05, 0) is 50.2 Å². The molecule has 2 fully saturated rings. The lowest BCUT2D eigenvalue weighted by Gasteiger charge is -2.30. The molecular weight excluding hydrogens is 358 g/mol. The number of carboxylic acids is 1. The van der Waals surface area contributed by atoms with Crippen molar-refractivity contribution in [3.05, 3.63) is 47.5 Å². The summed E-state index contributed by atoms with van der Waals surface area (Å²) in [7, 11) is 0. The Hall–Kier alpha value is -2.47. The van der Waals surface area contributed by atoms with Gasteiger partial charge in [-0.3, -0.25) is 19.3 Å². The standard InChI is InChI=1S/C22H25NO5/c24-20(25)10-4-2-1-3-7-14-17(19-12-11-18(14)28-19)13-23-21(26)15-8-5-6-9-16(15)22(23)27/h1,3,5-6,8-9,14,17-19H,2,4,7,10-13H2,(H,24,25)/b3-1-/t14-,17+,18-,19+/m0/s1. The smallest absolute Gasteiger partial charge is 0.303 e. The molecule has 4 rings (SSSR count). The molecule has 1 N–H and O–H groups in total. The quantitative estimate of drug-likeness (QED) is 0.423. The molecule has 6 nitrogen and oxygen atoms in total. The van der Waals surface area contributed by atoms with E-state index >= 15 is 0 Å². The zero-order chi connectivity index (χ0) is 19.7. The van der Waals surface area contributed by atoms with Gasteiger partial charge in [-0.2, -0.15) is 0 Å². The Morgan fingerprint density at radius 1 is 1.07 bits per heavy atom. The predicted molar refractivity (Wildman–Crippen MR) is 102 cm³/mol. The first-order valence-corrected chi connectivity index (χ1v) is 10.0. The molecule has 3 aliphatic heterocycles. The predicted octanol–water partition coefficient (Wildman–Crippen LogP) is 3.28. The number of ether oxygens (including phenoxy) is 1. The van der Waals surface area contributed by atoms with E-state index in [1.807, 2.05) is 6.08 Å². The first-order chi connectivity index (χ1) is 13.6. The number of unbranched alkanes of at least 4 members (excludes halogenated alkanes) is 1. The summed E-state index contributed by atoms with van der Waals surface area (Å²) < 4.78 is 6.10. The van der Waals surface area contributed by atoms with Crippen molar-refractivity contribution in [2.75, 3.05) is 6.54 Å². The highest BCUT2D eigenvalue weighted by atomic mass is 16.5. The molecule has 0 radical (unpaired) electrons. The molecule has 3 aliphatic rings. The van der Waals surface area contributed by atoms with Gasteiger partial charge in [0.05, 0.1) is 23.3 Å². The molecule has 2 saturated heterocycles. The van der Waals surface area contributed by atoms with Crippen LogP contribution >= 0.6 is 0 Å². The van der Waals surface area contributed by atoms with E-state index in [0.29, 0.717) is 30.0 Å². The Morgan fingerprint density at radius 2 is 1.71 bits per heavy atom. The van der Waals surface area contributed by atoms with Gasteiger partial charge in [-0.25, -0.2) is 0 Å². The molecule has 2 bridgehead atoms. The third-order valence-electron chi connectivity index (χ3n) is 6.20. The minimum Gasteiger partial charge on any atom is -0.481 e. The Labute approximate surface area is 164 Å². The minimum atomic E-state index is -0.768. The monoisotopic (exact) mass is 383 g/mol. The number of hydrogen-bond donors (Lipinski definition) is 1. The van der Waals surface area contributed by atoms with Crippen LogP contribution in [-0.2, 0) is 9.53 Å². The lowest BCUT2D eigenvalue weighted by Crippen LogP contribution is -2.41. The second kappa shape index (κ2) is 7.87. The highest BCUT2D eigenvalue weighted by Crippen LogP contribution is 2.46. The number of rotatable bonds is 8. The summed E-state index contributed by atoms with van der Waals surface area (Å²) in [5.74, 6) is -0.725. The third-order valence-corrected chi connectivity index (χ3v) is 6.20.